The van der Waals surface area contributed by atoms with Crippen LogP contribution in [0.25, 0.3) is 16.9 Å². The standard InChI is InChI=1S/C25H18N2O4S/c28-21(17-7-3-1-4-8-17)15-32-25-26-20(18-11-12-22-23(13-18)31-16-30-22)14-24(29)27(25)19-9-5-2-6-10-19/h1-14H,15-16H2. The van der Waals surface area contributed by atoms with E-state index in [-0.39, 0.29) is 23.9 Å². The molecule has 0 fully saturated rings. The van der Waals surface area contributed by atoms with Crippen LogP contribution in [-0.4, -0.2) is 27.9 Å². The molecule has 0 saturated heterocycles. The molecule has 0 spiro atoms. The summed E-state index contributed by atoms with van der Waals surface area (Å²) in [6.07, 6.45) is 0. The number of carbonyl (C=O) groups excluding carboxylic acids is 1. The number of para-hydroxylation sites is 1. The van der Waals surface area contributed by atoms with Gasteiger partial charge in [0.25, 0.3) is 5.56 Å². The highest BCUT2D eigenvalue weighted by Crippen LogP contribution is 2.35. The molecule has 0 bridgehead atoms. The first-order valence-corrected chi connectivity index (χ1v) is 11.0. The summed E-state index contributed by atoms with van der Waals surface area (Å²) >= 11 is 1.24. The van der Waals surface area contributed by atoms with Gasteiger partial charge in [-0.1, -0.05) is 60.3 Å². The molecule has 32 heavy (non-hydrogen) atoms. The minimum Gasteiger partial charge on any atom is -0.454 e. The summed E-state index contributed by atoms with van der Waals surface area (Å²) in [5.74, 6) is 1.41. The third kappa shape index (κ3) is 4.02. The monoisotopic (exact) mass is 442 g/mol. The molecule has 7 heteroatoms. The zero-order valence-corrected chi connectivity index (χ0v) is 17.7. The number of fused-ring (bicyclic) bond motifs is 1. The van der Waals surface area contributed by atoms with E-state index in [1.165, 1.54) is 22.4 Å². The second-order valence-corrected chi connectivity index (χ2v) is 8.02. The Hall–Kier alpha value is -3.84. The van der Waals surface area contributed by atoms with Crippen LogP contribution in [0.5, 0.6) is 11.5 Å². The fraction of sp³-hybridized carbons (Fsp3) is 0.0800. The largest absolute Gasteiger partial charge is 0.454 e. The van der Waals surface area contributed by atoms with E-state index >= 15 is 0 Å². The van der Waals surface area contributed by atoms with Crippen molar-refractivity contribution in [3.63, 3.8) is 0 Å². The molecule has 1 aromatic heterocycles. The van der Waals surface area contributed by atoms with E-state index in [0.717, 1.165) is 5.56 Å². The van der Waals surface area contributed by atoms with Gasteiger partial charge in [-0.05, 0) is 30.3 Å². The number of aromatic nitrogens is 2. The molecular weight excluding hydrogens is 424 g/mol. The highest BCUT2D eigenvalue weighted by molar-refractivity contribution is 7.99. The Morgan fingerprint density at radius 1 is 0.906 bits per heavy atom. The number of hydrogen-bond acceptors (Lipinski definition) is 6. The Balaban J connectivity index is 1.54. The highest BCUT2D eigenvalue weighted by Gasteiger charge is 2.18. The van der Waals surface area contributed by atoms with Gasteiger partial charge in [-0.3, -0.25) is 14.2 Å². The average molecular weight is 442 g/mol. The number of rotatable bonds is 6. The Labute approximate surface area is 188 Å². The lowest BCUT2D eigenvalue weighted by atomic mass is 10.1. The molecule has 1 aliphatic rings. The maximum absolute atomic E-state index is 13.2. The van der Waals surface area contributed by atoms with Crippen molar-refractivity contribution in [3.8, 4) is 28.4 Å². The quantitative estimate of drug-likeness (QED) is 0.247. The summed E-state index contributed by atoms with van der Waals surface area (Å²) < 4.78 is 12.4. The molecule has 2 heterocycles. The lowest BCUT2D eigenvalue weighted by Gasteiger charge is -2.13. The molecule has 5 rings (SSSR count). The smallest absolute Gasteiger partial charge is 0.259 e. The van der Waals surface area contributed by atoms with Crippen LogP contribution in [0.4, 0.5) is 0 Å². The third-order valence-corrected chi connectivity index (χ3v) is 5.94. The van der Waals surface area contributed by atoms with E-state index in [1.807, 2.05) is 54.6 Å². The summed E-state index contributed by atoms with van der Waals surface area (Å²) in [6, 6.07) is 25.3. The number of thioether (sulfide) groups is 1. The SMILES string of the molecule is O=C(CSc1nc(-c2ccc3c(c2)OCO3)cc(=O)n1-c1ccccc1)c1ccccc1. The van der Waals surface area contributed by atoms with Gasteiger partial charge in [-0.15, -0.1) is 0 Å². The first-order chi connectivity index (χ1) is 15.7. The molecule has 3 aromatic carbocycles. The summed E-state index contributed by atoms with van der Waals surface area (Å²) in [7, 11) is 0. The maximum atomic E-state index is 13.2. The normalized spacial score (nSPS) is 12.0. The minimum atomic E-state index is -0.228. The van der Waals surface area contributed by atoms with Crippen molar-refractivity contribution in [2.75, 3.05) is 12.5 Å². The van der Waals surface area contributed by atoms with Gasteiger partial charge in [0.1, 0.15) is 0 Å². The van der Waals surface area contributed by atoms with Gasteiger partial charge in [0, 0.05) is 17.2 Å². The van der Waals surface area contributed by atoms with E-state index < -0.39 is 0 Å². The molecule has 0 amide bonds. The highest BCUT2D eigenvalue weighted by atomic mass is 32.2. The van der Waals surface area contributed by atoms with Crippen molar-refractivity contribution in [3.05, 3.63) is 101 Å². The third-order valence-electron chi connectivity index (χ3n) is 5.00. The lowest BCUT2D eigenvalue weighted by molar-refractivity contribution is 0.102. The second kappa shape index (κ2) is 8.72. The number of ketones is 1. The summed E-state index contributed by atoms with van der Waals surface area (Å²) in [5, 5.41) is 0.445. The zero-order valence-electron chi connectivity index (χ0n) is 16.9. The maximum Gasteiger partial charge on any atom is 0.259 e. The van der Waals surface area contributed by atoms with Crippen LogP contribution in [0.1, 0.15) is 10.4 Å². The van der Waals surface area contributed by atoms with Crippen molar-refractivity contribution >= 4 is 17.5 Å². The zero-order chi connectivity index (χ0) is 21.9. The van der Waals surface area contributed by atoms with Crippen LogP contribution in [0.2, 0.25) is 0 Å². The summed E-state index contributed by atoms with van der Waals surface area (Å²) in [5.41, 5.74) is 2.34. The Morgan fingerprint density at radius 2 is 1.62 bits per heavy atom. The van der Waals surface area contributed by atoms with Gasteiger partial charge < -0.3 is 9.47 Å². The lowest BCUT2D eigenvalue weighted by Crippen LogP contribution is -2.21. The molecule has 0 saturated carbocycles. The summed E-state index contributed by atoms with van der Waals surface area (Å²) in [6.45, 7) is 0.171. The van der Waals surface area contributed by atoms with Gasteiger partial charge in [0.15, 0.2) is 22.4 Å². The Kier molecular flexibility index (Phi) is 5.47. The van der Waals surface area contributed by atoms with Crippen LogP contribution >= 0.6 is 11.8 Å². The van der Waals surface area contributed by atoms with Crippen LogP contribution < -0.4 is 15.0 Å². The van der Waals surface area contributed by atoms with Crippen molar-refractivity contribution in [2.45, 2.75) is 5.16 Å². The molecule has 158 valence electrons. The van der Waals surface area contributed by atoms with Gasteiger partial charge in [-0.2, -0.15) is 0 Å². The molecule has 4 aromatic rings. The molecular formula is C25H18N2O4S. The fourth-order valence-electron chi connectivity index (χ4n) is 3.41. The van der Waals surface area contributed by atoms with E-state index in [9.17, 15) is 9.59 Å². The van der Waals surface area contributed by atoms with Crippen molar-refractivity contribution in [2.24, 2.45) is 0 Å². The van der Waals surface area contributed by atoms with Crippen molar-refractivity contribution in [1.82, 2.24) is 9.55 Å². The fourth-order valence-corrected chi connectivity index (χ4v) is 4.33. The minimum absolute atomic E-state index is 0.0297. The summed E-state index contributed by atoms with van der Waals surface area (Å²) in [4.78, 5) is 30.6. The van der Waals surface area contributed by atoms with Crippen LogP contribution in [0, 0.1) is 0 Å². The Morgan fingerprint density at radius 3 is 2.41 bits per heavy atom. The first-order valence-electron chi connectivity index (χ1n) is 9.99. The topological polar surface area (TPSA) is 70.4 Å². The van der Waals surface area contributed by atoms with Crippen LogP contribution in [-0.2, 0) is 0 Å². The van der Waals surface area contributed by atoms with Crippen LogP contribution in [0.15, 0.2) is 94.9 Å². The van der Waals surface area contributed by atoms with Crippen molar-refractivity contribution < 1.29 is 14.3 Å². The molecule has 6 nitrogen and oxygen atoms in total. The number of ether oxygens (including phenoxy) is 2. The average Bonchev–Trinajstić information content (AvgIpc) is 3.31. The van der Waals surface area contributed by atoms with Gasteiger partial charge in [0.2, 0.25) is 6.79 Å². The van der Waals surface area contributed by atoms with Crippen molar-refractivity contribution in [1.29, 1.82) is 0 Å². The number of benzene rings is 3. The molecule has 0 atom stereocenters. The van der Waals surface area contributed by atoms with Gasteiger partial charge in [-0.25, -0.2) is 4.98 Å². The molecule has 0 unspecified atom stereocenters. The van der Waals surface area contributed by atoms with E-state index in [0.29, 0.717) is 33.6 Å². The van der Waals surface area contributed by atoms with Gasteiger partial charge >= 0.3 is 0 Å². The van der Waals surface area contributed by atoms with E-state index in [4.69, 9.17) is 14.5 Å². The van der Waals surface area contributed by atoms with E-state index in [2.05, 4.69) is 0 Å². The van der Waals surface area contributed by atoms with Crippen LogP contribution in [0.3, 0.4) is 0 Å². The molecule has 0 N–H and O–H groups in total. The number of carbonyl (C=O) groups is 1. The predicted molar refractivity (Wildman–Crippen MR) is 123 cm³/mol. The number of hydrogen-bond donors (Lipinski definition) is 0. The molecule has 1 aliphatic heterocycles. The molecule has 0 aliphatic carbocycles. The molecule has 0 radical (unpaired) electrons. The number of nitrogens with zero attached hydrogens (tertiary/aromatic N) is 2. The second-order valence-electron chi connectivity index (χ2n) is 7.08. The number of Topliss-reactive ketones (excluding diaryl/α,β-unsaturated/α-hetero) is 1. The first kappa shape index (κ1) is 20.1. The predicted octanol–water partition coefficient (Wildman–Crippen LogP) is 4.60. The van der Waals surface area contributed by atoms with Gasteiger partial charge in [0.05, 0.1) is 17.1 Å². The van der Waals surface area contributed by atoms with E-state index in [1.54, 1.807) is 24.3 Å². The Bertz CT molecular complexity index is 1340.